The number of aryl methyl sites for hydroxylation is 1. The summed E-state index contributed by atoms with van der Waals surface area (Å²) in [5.74, 6) is 0.752. The van der Waals surface area contributed by atoms with E-state index in [4.69, 9.17) is 4.74 Å². The van der Waals surface area contributed by atoms with Crippen LogP contribution in [0.3, 0.4) is 0 Å². The van der Waals surface area contributed by atoms with Gasteiger partial charge in [0.2, 0.25) is 0 Å². The fourth-order valence-electron chi connectivity index (χ4n) is 1.16. The second kappa shape index (κ2) is 4.44. The third kappa shape index (κ3) is 2.79. The molecule has 2 rings (SSSR count). The summed E-state index contributed by atoms with van der Waals surface area (Å²) in [6.07, 6.45) is 5.39. The van der Waals surface area contributed by atoms with Crippen LogP contribution >= 0.6 is 15.9 Å². The highest BCUT2D eigenvalue weighted by Gasteiger charge is 1.98. The third-order valence-corrected chi connectivity index (χ3v) is 2.33. The predicted octanol–water partition coefficient (Wildman–Crippen LogP) is 2.16. The number of rotatable bonds is 3. The van der Waals surface area contributed by atoms with Crippen LogP contribution in [0.1, 0.15) is 5.56 Å². The van der Waals surface area contributed by atoms with Gasteiger partial charge in [0.05, 0.1) is 12.4 Å². The van der Waals surface area contributed by atoms with Gasteiger partial charge in [-0.2, -0.15) is 5.10 Å². The van der Waals surface area contributed by atoms with Gasteiger partial charge in [0, 0.05) is 18.8 Å². The molecule has 0 spiro atoms. The van der Waals surface area contributed by atoms with Crippen molar-refractivity contribution in [2.75, 3.05) is 0 Å². The molecular formula is C10H10BrN3O. The average Bonchev–Trinajstić information content (AvgIpc) is 2.64. The van der Waals surface area contributed by atoms with E-state index in [9.17, 15) is 0 Å². The molecule has 0 saturated carbocycles. The Morgan fingerprint density at radius 3 is 2.87 bits per heavy atom. The minimum absolute atomic E-state index is 0.511. The van der Waals surface area contributed by atoms with Crippen LogP contribution in [-0.4, -0.2) is 14.8 Å². The number of hydrogen-bond acceptors (Lipinski definition) is 3. The SMILES string of the molecule is Cn1cc(COc2ccc(Br)nc2)cn1. The van der Waals surface area contributed by atoms with E-state index < -0.39 is 0 Å². The summed E-state index contributed by atoms with van der Waals surface area (Å²) >= 11 is 3.26. The molecule has 0 aliphatic carbocycles. The van der Waals surface area contributed by atoms with Crippen LogP contribution in [0.4, 0.5) is 0 Å². The molecule has 0 unspecified atom stereocenters. The Hall–Kier alpha value is -1.36. The van der Waals surface area contributed by atoms with E-state index in [-0.39, 0.29) is 0 Å². The van der Waals surface area contributed by atoms with Crippen LogP contribution in [0.15, 0.2) is 35.3 Å². The van der Waals surface area contributed by atoms with Crippen molar-refractivity contribution in [1.29, 1.82) is 0 Å². The molecule has 5 heteroatoms. The van der Waals surface area contributed by atoms with Crippen LogP contribution in [0.2, 0.25) is 0 Å². The smallest absolute Gasteiger partial charge is 0.138 e. The van der Waals surface area contributed by atoms with Crippen LogP contribution in [0.5, 0.6) is 5.75 Å². The Labute approximate surface area is 96.0 Å². The van der Waals surface area contributed by atoms with Crippen molar-refractivity contribution in [3.8, 4) is 5.75 Å². The van der Waals surface area contributed by atoms with Gasteiger partial charge in [-0.1, -0.05) is 0 Å². The highest BCUT2D eigenvalue weighted by molar-refractivity contribution is 9.10. The zero-order valence-electron chi connectivity index (χ0n) is 8.22. The predicted molar refractivity (Wildman–Crippen MR) is 59.5 cm³/mol. The molecule has 0 aliphatic heterocycles. The fourth-order valence-corrected chi connectivity index (χ4v) is 1.40. The lowest BCUT2D eigenvalue weighted by molar-refractivity contribution is 0.305. The molecule has 15 heavy (non-hydrogen) atoms. The number of pyridine rings is 1. The molecule has 0 aromatic carbocycles. The number of nitrogens with zero attached hydrogens (tertiary/aromatic N) is 3. The molecule has 2 aromatic heterocycles. The second-order valence-corrected chi connectivity index (χ2v) is 3.94. The van der Waals surface area contributed by atoms with Crippen molar-refractivity contribution in [1.82, 2.24) is 14.8 Å². The molecule has 78 valence electrons. The molecule has 0 fully saturated rings. The van der Waals surface area contributed by atoms with Gasteiger partial charge in [-0.15, -0.1) is 0 Å². The highest BCUT2D eigenvalue weighted by Crippen LogP contribution is 2.14. The average molecular weight is 268 g/mol. The van der Waals surface area contributed by atoms with Crippen molar-refractivity contribution in [2.24, 2.45) is 7.05 Å². The van der Waals surface area contributed by atoms with E-state index in [0.717, 1.165) is 15.9 Å². The van der Waals surface area contributed by atoms with Crippen molar-refractivity contribution in [3.63, 3.8) is 0 Å². The van der Waals surface area contributed by atoms with Gasteiger partial charge in [-0.25, -0.2) is 4.98 Å². The molecule has 0 N–H and O–H groups in total. The first kappa shape index (κ1) is 10.2. The molecule has 2 aromatic rings. The van der Waals surface area contributed by atoms with Crippen LogP contribution in [-0.2, 0) is 13.7 Å². The van der Waals surface area contributed by atoms with Crippen LogP contribution in [0, 0.1) is 0 Å². The third-order valence-electron chi connectivity index (χ3n) is 1.86. The zero-order valence-corrected chi connectivity index (χ0v) is 9.81. The van der Waals surface area contributed by atoms with Crippen molar-refractivity contribution < 1.29 is 4.74 Å². The first-order valence-corrected chi connectivity index (χ1v) is 5.25. The van der Waals surface area contributed by atoms with Crippen LogP contribution < -0.4 is 4.74 Å². The maximum absolute atomic E-state index is 5.52. The van der Waals surface area contributed by atoms with Crippen molar-refractivity contribution in [3.05, 3.63) is 40.9 Å². The lowest BCUT2D eigenvalue weighted by atomic mass is 10.4. The summed E-state index contributed by atoms with van der Waals surface area (Å²) < 4.78 is 8.07. The molecule has 0 bridgehead atoms. The van der Waals surface area contributed by atoms with E-state index in [1.165, 1.54) is 0 Å². The maximum atomic E-state index is 5.52. The van der Waals surface area contributed by atoms with E-state index in [0.29, 0.717) is 6.61 Å². The molecule has 0 saturated heterocycles. The number of aromatic nitrogens is 3. The Morgan fingerprint density at radius 1 is 1.40 bits per heavy atom. The standard InChI is InChI=1S/C10H10BrN3O/c1-14-6-8(4-13-14)7-15-9-2-3-10(11)12-5-9/h2-6H,7H2,1H3. The Bertz CT molecular complexity index is 438. The van der Waals surface area contributed by atoms with Crippen LogP contribution in [0.25, 0.3) is 0 Å². The van der Waals surface area contributed by atoms with E-state index in [2.05, 4.69) is 26.0 Å². The van der Waals surface area contributed by atoms with E-state index >= 15 is 0 Å². The molecule has 4 nitrogen and oxygen atoms in total. The first-order valence-electron chi connectivity index (χ1n) is 4.46. The van der Waals surface area contributed by atoms with Crippen molar-refractivity contribution in [2.45, 2.75) is 6.61 Å². The van der Waals surface area contributed by atoms with Gasteiger partial charge in [0.15, 0.2) is 0 Å². The summed E-state index contributed by atoms with van der Waals surface area (Å²) in [6, 6.07) is 3.71. The molecule has 0 amide bonds. The maximum Gasteiger partial charge on any atom is 0.138 e. The second-order valence-electron chi connectivity index (χ2n) is 3.13. The fraction of sp³-hybridized carbons (Fsp3) is 0.200. The highest BCUT2D eigenvalue weighted by atomic mass is 79.9. The molecule has 2 heterocycles. The van der Waals surface area contributed by atoms with Gasteiger partial charge in [-0.05, 0) is 28.1 Å². The first-order chi connectivity index (χ1) is 7.24. The van der Waals surface area contributed by atoms with Gasteiger partial charge in [0.1, 0.15) is 17.0 Å². The quantitative estimate of drug-likeness (QED) is 0.801. The Kier molecular flexibility index (Phi) is 3.01. The minimum atomic E-state index is 0.511. The minimum Gasteiger partial charge on any atom is -0.487 e. The van der Waals surface area contributed by atoms with E-state index in [1.54, 1.807) is 17.1 Å². The monoisotopic (exact) mass is 267 g/mol. The topological polar surface area (TPSA) is 39.9 Å². The molecule has 0 radical (unpaired) electrons. The summed E-state index contributed by atoms with van der Waals surface area (Å²) in [5.41, 5.74) is 1.04. The Balaban J connectivity index is 1.96. The van der Waals surface area contributed by atoms with Gasteiger partial charge in [-0.3, -0.25) is 4.68 Å². The number of ether oxygens (including phenoxy) is 1. The summed E-state index contributed by atoms with van der Waals surface area (Å²) in [6.45, 7) is 0.511. The molecular weight excluding hydrogens is 258 g/mol. The van der Waals surface area contributed by atoms with E-state index in [1.807, 2.05) is 25.4 Å². The summed E-state index contributed by atoms with van der Waals surface area (Å²) in [7, 11) is 1.88. The zero-order chi connectivity index (χ0) is 10.7. The van der Waals surface area contributed by atoms with Crippen molar-refractivity contribution >= 4 is 15.9 Å². The summed E-state index contributed by atoms with van der Waals surface area (Å²) in [4.78, 5) is 4.07. The number of halogens is 1. The molecule has 0 atom stereocenters. The van der Waals surface area contributed by atoms with Gasteiger partial charge in [0.25, 0.3) is 0 Å². The normalized spacial score (nSPS) is 10.3. The lowest BCUT2D eigenvalue weighted by Gasteiger charge is -2.03. The van der Waals surface area contributed by atoms with Gasteiger partial charge >= 0.3 is 0 Å². The largest absolute Gasteiger partial charge is 0.487 e. The Morgan fingerprint density at radius 2 is 2.27 bits per heavy atom. The number of hydrogen-bond donors (Lipinski definition) is 0. The lowest BCUT2D eigenvalue weighted by Crippen LogP contribution is -1.94. The molecule has 0 aliphatic rings. The summed E-state index contributed by atoms with van der Waals surface area (Å²) in [5, 5.41) is 4.06. The van der Waals surface area contributed by atoms with Gasteiger partial charge < -0.3 is 4.74 Å².